The second-order valence-corrected chi connectivity index (χ2v) is 6.28. The number of nitrogens with zero attached hydrogens (tertiary/aromatic N) is 1. The molecule has 2 aliphatic heterocycles. The lowest BCUT2D eigenvalue weighted by molar-refractivity contribution is 0.0300. The molecule has 0 aliphatic carbocycles. The Morgan fingerprint density at radius 1 is 1.33 bits per heavy atom. The van der Waals surface area contributed by atoms with Gasteiger partial charge >= 0.3 is 7.75 Å². The van der Waals surface area contributed by atoms with Crippen LogP contribution in [0, 0.1) is 0 Å². The third kappa shape index (κ3) is 2.59. The van der Waals surface area contributed by atoms with E-state index in [1.165, 1.54) is 6.42 Å². The Morgan fingerprint density at radius 2 is 2.17 bits per heavy atom. The van der Waals surface area contributed by atoms with Crippen molar-refractivity contribution in [2.45, 2.75) is 25.3 Å². The van der Waals surface area contributed by atoms with Crippen LogP contribution in [0.3, 0.4) is 0 Å². The van der Waals surface area contributed by atoms with Crippen molar-refractivity contribution in [3.05, 3.63) is 30.3 Å². The lowest BCUT2D eigenvalue weighted by atomic mass is 10.1. The van der Waals surface area contributed by atoms with Crippen molar-refractivity contribution in [2.75, 3.05) is 13.2 Å². The number of fused-ring (bicyclic) bond motifs is 1. The van der Waals surface area contributed by atoms with Crippen LogP contribution in [0.1, 0.15) is 19.3 Å². The van der Waals surface area contributed by atoms with Crippen LogP contribution in [-0.4, -0.2) is 24.2 Å². The molecule has 18 heavy (non-hydrogen) atoms. The van der Waals surface area contributed by atoms with Crippen LogP contribution < -0.4 is 9.72 Å². The second kappa shape index (κ2) is 5.02. The Hall–Kier alpha value is -0.870. The van der Waals surface area contributed by atoms with Gasteiger partial charge in [-0.15, -0.1) is 5.20 Å². The SMILES string of the molecule is O=P1(Oc2ccccc2)NN2CCCCC2CO1. The van der Waals surface area contributed by atoms with Gasteiger partial charge in [0.2, 0.25) is 0 Å². The summed E-state index contributed by atoms with van der Waals surface area (Å²) >= 11 is 0. The van der Waals surface area contributed by atoms with Gasteiger partial charge in [0.15, 0.2) is 0 Å². The first-order valence-corrected chi connectivity index (χ1v) is 7.83. The van der Waals surface area contributed by atoms with Gasteiger partial charge in [-0.3, -0.25) is 4.52 Å². The minimum atomic E-state index is -3.25. The highest BCUT2D eigenvalue weighted by Crippen LogP contribution is 2.48. The maximum atomic E-state index is 12.5. The van der Waals surface area contributed by atoms with Crippen molar-refractivity contribution < 1.29 is 13.6 Å². The molecule has 2 fully saturated rings. The van der Waals surface area contributed by atoms with Crippen molar-refractivity contribution in [3.63, 3.8) is 0 Å². The molecule has 1 aromatic rings. The standard InChI is InChI=1S/C12H17N2O3P/c15-18(17-12-7-2-1-3-8-12)13-14-9-5-4-6-11(14)10-16-18/h1-3,7-8,11H,4-6,9-10H2,(H,13,15). The van der Waals surface area contributed by atoms with Crippen LogP contribution in [0.25, 0.3) is 0 Å². The van der Waals surface area contributed by atoms with E-state index in [0.717, 1.165) is 19.4 Å². The van der Waals surface area contributed by atoms with Crippen LogP contribution in [0.15, 0.2) is 30.3 Å². The highest BCUT2D eigenvalue weighted by atomic mass is 31.2. The molecular weight excluding hydrogens is 251 g/mol. The van der Waals surface area contributed by atoms with E-state index in [4.69, 9.17) is 9.05 Å². The van der Waals surface area contributed by atoms with Gasteiger partial charge in [-0.1, -0.05) is 24.6 Å². The molecule has 0 aromatic heterocycles. The molecule has 0 amide bonds. The average molecular weight is 268 g/mol. The molecule has 3 rings (SSSR count). The Balaban J connectivity index is 1.70. The predicted molar refractivity (Wildman–Crippen MR) is 68.1 cm³/mol. The quantitative estimate of drug-likeness (QED) is 0.835. The van der Waals surface area contributed by atoms with E-state index in [2.05, 4.69) is 5.20 Å². The van der Waals surface area contributed by atoms with Gasteiger partial charge in [0.1, 0.15) is 5.75 Å². The monoisotopic (exact) mass is 268 g/mol. The first kappa shape index (κ1) is 12.2. The van der Waals surface area contributed by atoms with Gasteiger partial charge < -0.3 is 4.52 Å². The van der Waals surface area contributed by atoms with Gasteiger partial charge in [0, 0.05) is 12.6 Å². The number of para-hydroxylation sites is 1. The number of rotatable bonds is 2. The molecule has 5 nitrogen and oxygen atoms in total. The van der Waals surface area contributed by atoms with E-state index < -0.39 is 7.75 Å². The summed E-state index contributed by atoms with van der Waals surface area (Å²) in [5, 5.41) is 4.94. The highest BCUT2D eigenvalue weighted by Gasteiger charge is 2.39. The zero-order chi connectivity index (χ0) is 12.4. The van der Waals surface area contributed by atoms with E-state index in [-0.39, 0.29) is 0 Å². The van der Waals surface area contributed by atoms with Crippen molar-refractivity contribution in [1.29, 1.82) is 0 Å². The van der Waals surface area contributed by atoms with Gasteiger partial charge in [-0.2, -0.15) is 0 Å². The molecule has 0 radical (unpaired) electrons. The fourth-order valence-corrected chi connectivity index (χ4v) is 3.84. The summed E-state index contributed by atoms with van der Waals surface area (Å²) in [6, 6.07) is 9.43. The van der Waals surface area contributed by atoms with Gasteiger partial charge in [-0.25, -0.2) is 9.57 Å². The maximum Gasteiger partial charge on any atom is 0.472 e. The molecule has 6 heteroatoms. The molecule has 2 aliphatic rings. The minimum Gasteiger partial charge on any atom is -0.412 e. The van der Waals surface area contributed by atoms with Crippen molar-refractivity contribution >= 4 is 7.75 Å². The Morgan fingerprint density at radius 3 is 3.00 bits per heavy atom. The van der Waals surface area contributed by atoms with Crippen LogP contribution in [0.5, 0.6) is 5.75 Å². The number of piperidine rings is 1. The van der Waals surface area contributed by atoms with Crippen molar-refractivity contribution in [1.82, 2.24) is 10.2 Å². The minimum absolute atomic E-state index is 0.320. The summed E-state index contributed by atoms with van der Waals surface area (Å²) in [6.07, 6.45) is 3.41. The van der Waals surface area contributed by atoms with E-state index in [9.17, 15) is 4.57 Å². The Kier molecular flexibility index (Phi) is 3.39. The first-order chi connectivity index (χ1) is 8.75. The second-order valence-electron chi connectivity index (χ2n) is 4.64. The Labute approximate surface area is 107 Å². The fraction of sp³-hybridized carbons (Fsp3) is 0.500. The third-order valence-corrected chi connectivity index (χ3v) is 4.73. The van der Waals surface area contributed by atoms with E-state index >= 15 is 0 Å². The van der Waals surface area contributed by atoms with Crippen LogP contribution in [0.2, 0.25) is 0 Å². The smallest absolute Gasteiger partial charge is 0.412 e. The largest absolute Gasteiger partial charge is 0.472 e. The third-order valence-electron chi connectivity index (χ3n) is 3.28. The topological polar surface area (TPSA) is 50.8 Å². The summed E-state index contributed by atoms with van der Waals surface area (Å²) in [6.45, 7) is 1.37. The van der Waals surface area contributed by atoms with Gasteiger partial charge in [-0.05, 0) is 25.0 Å². The lowest BCUT2D eigenvalue weighted by Crippen LogP contribution is -2.53. The molecule has 2 atom stereocenters. The molecule has 2 heterocycles. The first-order valence-electron chi connectivity index (χ1n) is 6.29. The highest BCUT2D eigenvalue weighted by molar-refractivity contribution is 7.52. The van der Waals surface area contributed by atoms with E-state index in [0.29, 0.717) is 18.4 Å². The summed E-state index contributed by atoms with van der Waals surface area (Å²) in [5.41, 5.74) is 0. The lowest BCUT2D eigenvalue weighted by Gasteiger charge is -2.41. The number of hydrogen-bond donors (Lipinski definition) is 1. The van der Waals surface area contributed by atoms with Crippen LogP contribution in [-0.2, 0) is 9.09 Å². The molecule has 0 saturated carbocycles. The Bertz CT molecular complexity index is 454. The molecular formula is C12H17N2O3P. The molecule has 2 saturated heterocycles. The number of nitrogens with one attached hydrogen (secondary N) is 1. The zero-order valence-electron chi connectivity index (χ0n) is 10.1. The maximum absolute atomic E-state index is 12.5. The molecule has 0 bridgehead atoms. The predicted octanol–water partition coefficient (Wildman–Crippen LogP) is 2.56. The molecule has 98 valence electrons. The number of benzene rings is 1. The number of hydrazine groups is 1. The normalized spacial score (nSPS) is 32.8. The fourth-order valence-electron chi connectivity index (χ4n) is 2.34. The van der Waals surface area contributed by atoms with E-state index in [1.807, 2.05) is 23.2 Å². The number of hydrogen-bond acceptors (Lipinski definition) is 4. The zero-order valence-corrected chi connectivity index (χ0v) is 11.0. The van der Waals surface area contributed by atoms with Crippen molar-refractivity contribution in [2.24, 2.45) is 0 Å². The van der Waals surface area contributed by atoms with Gasteiger partial charge in [0.25, 0.3) is 0 Å². The van der Waals surface area contributed by atoms with E-state index in [1.54, 1.807) is 12.1 Å². The molecule has 1 N–H and O–H groups in total. The summed E-state index contributed by atoms with van der Waals surface area (Å²) in [4.78, 5) is 0. The van der Waals surface area contributed by atoms with Gasteiger partial charge in [0.05, 0.1) is 6.61 Å². The summed E-state index contributed by atoms with van der Waals surface area (Å²) < 4.78 is 23.4. The van der Waals surface area contributed by atoms with Crippen LogP contribution >= 0.6 is 7.75 Å². The molecule has 0 spiro atoms. The summed E-state index contributed by atoms with van der Waals surface area (Å²) in [5.74, 6) is 0.559. The van der Waals surface area contributed by atoms with Crippen molar-refractivity contribution in [3.8, 4) is 5.75 Å². The molecule has 2 unspecified atom stereocenters. The van der Waals surface area contributed by atoms with Crippen LogP contribution in [0.4, 0.5) is 0 Å². The summed E-state index contributed by atoms with van der Waals surface area (Å²) in [7, 11) is -3.25. The molecule has 1 aromatic carbocycles. The average Bonchev–Trinajstić information content (AvgIpc) is 2.39.